The molecule has 0 fully saturated rings. The molecule has 48 valence electrons. The maximum Gasteiger partial charge on any atom is 0.219 e. The Morgan fingerprint density at radius 2 is 1.67 bits per heavy atom. The number of hydrogen-bond acceptors (Lipinski definition) is 2. The van der Waals surface area contributed by atoms with Gasteiger partial charge in [0.2, 0.25) is 16.6 Å². The molecule has 0 spiro atoms. The van der Waals surface area contributed by atoms with Gasteiger partial charge in [-0.1, -0.05) is 0 Å². The summed E-state index contributed by atoms with van der Waals surface area (Å²) in [4.78, 5) is 6.27. The Labute approximate surface area is 58.1 Å². The lowest BCUT2D eigenvalue weighted by atomic mass is 10.6. The third-order valence-corrected chi connectivity index (χ3v) is 0.991. The summed E-state index contributed by atoms with van der Waals surface area (Å²) in [5.41, 5.74) is 0. The van der Waals surface area contributed by atoms with Crippen molar-refractivity contribution in [2.24, 2.45) is 0 Å². The van der Waals surface area contributed by atoms with Crippen LogP contribution in [0.1, 0.15) is 0 Å². The Kier molecular flexibility index (Phi) is 1.70. The largest absolute Gasteiger partial charge is 0.219 e. The van der Waals surface area contributed by atoms with E-state index in [1.54, 1.807) is 0 Å². The van der Waals surface area contributed by atoms with E-state index in [2.05, 4.69) is 25.9 Å². The van der Waals surface area contributed by atoms with Crippen molar-refractivity contribution in [3.8, 4) is 0 Å². The summed E-state index contributed by atoms with van der Waals surface area (Å²) >= 11 is 2.71. The van der Waals surface area contributed by atoms with E-state index in [9.17, 15) is 8.78 Å². The van der Waals surface area contributed by atoms with E-state index in [0.29, 0.717) is 6.07 Å². The summed E-state index contributed by atoms with van der Waals surface area (Å²) in [7, 11) is 0. The number of nitrogens with zero attached hydrogens (tertiary/aromatic N) is 2. The van der Waals surface area contributed by atoms with Gasteiger partial charge in [-0.3, -0.25) is 0 Å². The molecule has 5 heteroatoms. The average molecular weight is 195 g/mol. The fraction of sp³-hybridized carbons (Fsp3) is 0. The van der Waals surface area contributed by atoms with Gasteiger partial charge in [0.25, 0.3) is 0 Å². The highest BCUT2D eigenvalue weighted by molar-refractivity contribution is 9.10. The van der Waals surface area contributed by atoms with E-state index < -0.39 is 11.9 Å². The zero-order chi connectivity index (χ0) is 6.85. The van der Waals surface area contributed by atoms with E-state index in [-0.39, 0.29) is 4.73 Å². The molecule has 0 atom stereocenters. The maximum atomic E-state index is 12.0. The first-order valence-corrected chi connectivity index (χ1v) is 2.83. The van der Waals surface area contributed by atoms with Crippen LogP contribution in [0.2, 0.25) is 0 Å². The third-order valence-electron chi connectivity index (χ3n) is 0.636. The summed E-state index contributed by atoms with van der Waals surface area (Å²) in [5.74, 6) is -1.76. The van der Waals surface area contributed by atoms with E-state index in [1.807, 2.05) is 0 Å². The van der Waals surface area contributed by atoms with Gasteiger partial charge >= 0.3 is 0 Å². The van der Waals surface area contributed by atoms with Gasteiger partial charge in [-0.2, -0.15) is 18.7 Å². The highest BCUT2D eigenvalue weighted by Crippen LogP contribution is 2.03. The molecule has 1 heterocycles. The number of halogens is 3. The van der Waals surface area contributed by atoms with Crippen LogP contribution in [0.15, 0.2) is 10.8 Å². The van der Waals surface area contributed by atoms with Crippen LogP contribution < -0.4 is 0 Å². The molecular formula is C4HBrF2N2. The van der Waals surface area contributed by atoms with Crippen molar-refractivity contribution >= 4 is 15.9 Å². The van der Waals surface area contributed by atoms with Crippen molar-refractivity contribution in [1.82, 2.24) is 9.97 Å². The molecule has 0 aromatic carbocycles. The van der Waals surface area contributed by atoms with Crippen LogP contribution in [0, 0.1) is 11.9 Å². The minimum absolute atomic E-state index is 0.0833. The van der Waals surface area contributed by atoms with Gasteiger partial charge in [-0.05, 0) is 15.9 Å². The Balaban J connectivity index is 3.17. The van der Waals surface area contributed by atoms with Crippen molar-refractivity contribution in [2.45, 2.75) is 0 Å². The quantitative estimate of drug-likeness (QED) is 0.463. The van der Waals surface area contributed by atoms with Crippen molar-refractivity contribution in [3.63, 3.8) is 0 Å². The highest BCUT2D eigenvalue weighted by atomic mass is 79.9. The van der Waals surface area contributed by atoms with Gasteiger partial charge < -0.3 is 0 Å². The first-order valence-electron chi connectivity index (χ1n) is 2.04. The number of rotatable bonds is 0. The molecule has 0 N–H and O–H groups in total. The summed E-state index contributed by atoms with van der Waals surface area (Å²) in [6, 6.07) is 0.602. The van der Waals surface area contributed by atoms with Gasteiger partial charge in [0.05, 0.1) is 0 Å². The maximum absolute atomic E-state index is 12.0. The molecule has 0 bridgehead atoms. The second-order valence-electron chi connectivity index (χ2n) is 1.28. The molecule has 0 saturated heterocycles. The Morgan fingerprint density at radius 3 is 2.00 bits per heavy atom. The predicted molar refractivity (Wildman–Crippen MR) is 29.6 cm³/mol. The zero-order valence-electron chi connectivity index (χ0n) is 4.11. The molecule has 1 rings (SSSR count). The summed E-state index contributed by atoms with van der Waals surface area (Å²) in [6.07, 6.45) is 0. The molecule has 1 aromatic heterocycles. The summed E-state index contributed by atoms with van der Waals surface area (Å²) in [6.45, 7) is 0. The topological polar surface area (TPSA) is 25.8 Å². The molecule has 0 saturated carbocycles. The first-order chi connectivity index (χ1) is 4.18. The number of aromatic nitrogens is 2. The van der Waals surface area contributed by atoms with Crippen LogP contribution in [0.25, 0.3) is 0 Å². The monoisotopic (exact) mass is 194 g/mol. The standard InChI is InChI=1S/C4HBrF2N2/c5-4-8-2(6)1-3(7)9-4/h1H. The molecule has 2 nitrogen and oxygen atoms in total. The average Bonchev–Trinajstić information content (AvgIpc) is 1.59. The van der Waals surface area contributed by atoms with Gasteiger partial charge in [0.1, 0.15) is 0 Å². The van der Waals surface area contributed by atoms with E-state index in [1.165, 1.54) is 0 Å². The third kappa shape index (κ3) is 1.67. The van der Waals surface area contributed by atoms with Gasteiger partial charge in [0.15, 0.2) is 0 Å². The highest BCUT2D eigenvalue weighted by Gasteiger charge is 1.98. The fourth-order valence-corrected chi connectivity index (χ4v) is 0.703. The van der Waals surface area contributed by atoms with Crippen LogP contribution in [-0.2, 0) is 0 Å². The Morgan fingerprint density at radius 1 is 1.22 bits per heavy atom. The first kappa shape index (κ1) is 6.54. The van der Waals surface area contributed by atoms with E-state index in [0.717, 1.165) is 0 Å². The van der Waals surface area contributed by atoms with Crippen LogP contribution in [0.4, 0.5) is 8.78 Å². The van der Waals surface area contributed by atoms with Gasteiger partial charge in [-0.15, -0.1) is 0 Å². The fourth-order valence-electron chi connectivity index (χ4n) is 0.364. The van der Waals surface area contributed by atoms with Crippen molar-refractivity contribution in [2.75, 3.05) is 0 Å². The minimum atomic E-state index is -0.880. The Bertz CT molecular complexity index is 177. The van der Waals surface area contributed by atoms with Crippen molar-refractivity contribution in [1.29, 1.82) is 0 Å². The smallest absolute Gasteiger partial charge is 0.193 e. The molecule has 1 aromatic rings. The van der Waals surface area contributed by atoms with Crippen LogP contribution in [0.5, 0.6) is 0 Å². The van der Waals surface area contributed by atoms with Crippen LogP contribution in [0.3, 0.4) is 0 Å². The molecule has 0 aliphatic rings. The Hall–Kier alpha value is -0.580. The molecule has 0 radical (unpaired) electrons. The van der Waals surface area contributed by atoms with Crippen molar-refractivity contribution < 1.29 is 8.78 Å². The number of hydrogen-bond donors (Lipinski definition) is 0. The minimum Gasteiger partial charge on any atom is -0.193 e. The molecular weight excluding hydrogens is 194 g/mol. The SMILES string of the molecule is Fc1cc(F)nc(Br)n1. The molecule has 9 heavy (non-hydrogen) atoms. The second kappa shape index (κ2) is 2.34. The lowest BCUT2D eigenvalue weighted by molar-refractivity contribution is 0.519. The molecule has 0 aliphatic carbocycles. The van der Waals surface area contributed by atoms with Crippen LogP contribution in [-0.4, -0.2) is 9.97 Å². The zero-order valence-corrected chi connectivity index (χ0v) is 5.69. The van der Waals surface area contributed by atoms with Gasteiger partial charge in [0, 0.05) is 6.07 Å². The molecule has 0 amide bonds. The molecule has 0 aliphatic heterocycles. The van der Waals surface area contributed by atoms with Crippen LogP contribution >= 0.6 is 15.9 Å². The van der Waals surface area contributed by atoms with Crippen molar-refractivity contribution in [3.05, 3.63) is 22.7 Å². The van der Waals surface area contributed by atoms with E-state index >= 15 is 0 Å². The normalized spacial score (nSPS) is 9.67. The summed E-state index contributed by atoms with van der Waals surface area (Å²) < 4.78 is 23.9. The summed E-state index contributed by atoms with van der Waals surface area (Å²) in [5, 5.41) is 0. The molecule has 0 unspecified atom stereocenters. The predicted octanol–water partition coefficient (Wildman–Crippen LogP) is 1.52. The van der Waals surface area contributed by atoms with Gasteiger partial charge in [-0.25, -0.2) is 0 Å². The lowest BCUT2D eigenvalue weighted by Gasteiger charge is -1.88. The lowest BCUT2D eigenvalue weighted by Crippen LogP contribution is -1.90. The second-order valence-corrected chi connectivity index (χ2v) is 1.99. The van der Waals surface area contributed by atoms with E-state index in [4.69, 9.17) is 0 Å².